The number of aromatic nitrogens is 2. The van der Waals surface area contributed by atoms with E-state index in [1.165, 1.54) is 0 Å². The van der Waals surface area contributed by atoms with Crippen LogP contribution in [0, 0.1) is 6.92 Å². The van der Waals surface area contributed by atoms with Crippen LogP contribution in [0.3, 0.4) is 0 Å². The molecule has 1 N–H and O–H groups in total. The first-order valence-electron chi connectivity index (χ1n) is 4.55. The van der Waals surface area contributed by atoms with Crippen molar-refractivity contribution in [2.75, 3.05) is 0 Å². The summed E-state index contributed by atoms with van der Waals surface area (Å²) in [5.74, 6) is 0. The molecule has 0 amide bonds. The fourth-order valence-electron chi connectivity index (χ4n) is 1.17. The van der Waals surface area contributed by atoms with Gasteiger partial charge in [-0.3, -0.25) is 10.1 Å². The Kier molecular flexibility index (Phi) is 2.83. The smallest absolute Gasteiger partial charge is 0.104 e. The van der Waals surface area contributed by atoms with Gasteiger partial charge in [-0.05, 0) is 24.6 Å². The van der Waals surface area contributed by atoms with Crippen molar-refractivity contribution in [3.8, 4) is 0 Å². The third kappa shape index (κ3) is 2.44. The highest BCUT2D eigenvalue weighted by atomic mass is 35.5. The third-order valence-electron chi connectivity index (χ3n) is 2.03. The van der Waals surface area contributed by atoms with Crippen LogP contribution in [0.5, 0.6) is 0 Å². The van der Waals surface area contributed by atoms with E-state index in [4.69, 9.17) is 11.6 Å². The van der Waals surface area contributed by atoms with E-state index in [0.29, 0.717) is 0 Å². The number of hydrogen-bond donors (Lipinski definition) is 1. The summed E-state index contributed by atoms with van der Waals surface area (Å²) < 4.78 is 0. The molecule has 0 radical (unpaired) electrons. The van der Waals surface area contributed by atoms with E-state index in [-0.39, 0.29) is 0 Å². The number of aromatic amines is 1. The van der Waals surface area contributed by atoms with E-state index in [0.717, 1.165) is 22.0 Å². The van der Waals surface area contributed by atoms with Crippen molar-refractivity contribution in [3.05, 3.63) is 46.7 Å². The van der Waals surface area contributed by atoms with Gasteiger partial charge in [0.15, 0.2) is 0 Å². The van der Waals surface area contributed by atoms with Crippen molar-refractivity contribution in [3.63, 3.8) is 0 Å². The van der Waals surface area contributed by atoms with Gasteiger partial charge in [0.2, 0.25) is 0 Å². The number of aliphatic imine (C=N–C) groups is 1. The van der Waals surface area contributed by atoms with Gasteiger partial charge in [0.25, 0.3) is 0 Å². The first-order valence-corrected chi connectivity index (χ1v) is 4.93. The molecule has 1 aromatic heterocycles. The summed E-state index contributed by atoms with van der Waals surface area (Å²) in [6, 6.07) is 7.51. The number of nitrogens with one attached hydrogen (secondary N) is 1. The minimum absolute atomic E-state index is 0.728. The van der Waals surface area contributed by atoms with Crippen LogP contribution in [0.1, 0.15) is 11.3 Å². The van der Waals surface area contributed by atoms with E-state index in [2.05, 4.69) is 15.2 Å². The van der Waals surface area contributed by atoms with Gasteiger partial charge < -0.3 is 0 Å². The van der Waals surface area contributed by atoms with Crippen molar-refractivity contribution in [2.45, 2.75) is 6.92 Å². The van der Waals surface area contributed by atoms with Crippen molar-refractivity contribution in [1.82, 2.24) is 10.2 Å². The fraction of sp³-hybridized carbons (Fsp3) is 0.0909. The Hall–Kier alpha value is -1.61. The summed E-state index contributed by atoms with van der Waals surface area (Å²) >= 11 is 5.78. The maximum Gasteiger partial charge on any atom is 0.104 e. The molecule has 1 heterocycles. The molecule has 2 aromatic rings. The van der Waals surface area contributed by atoms with Crippen LogP contribution in [0.2, 0.25) is 5.02 Å². The van der Waals surface area contributed by atoms with Crippen LogP contribution >= 0.6 is 11.6 Å². The molecule has 4 heteroatoms. The molecule has 0 spiro atoms. The second kappa shape index (κ2) is 4.28. The molecular weight excluding hydrogens is 210 g/mol. The molecule has 0 aliphatic carbocycles. The zero-order valence-corrected chi connectivity index (χ0v) is 8.99. The lowest BCUT2D eigenvalue weighted by Gasteiger charge is -1.93. The quantitative estimate of drug-likeness (QED) is 0.775. The highest BCUT2D eigenvalue weighted by molar-refractivity contribution is 6.30. The molecule has 0 saturated heterocycles. The monoisotopic (exact) mass is 219 g/mol. The highest BCUT2D eigenvalue weighted by Gasteiger charge is 1.95. The summed E-state index contributed by atoms with van der Waals surface area (Å²) in [5.41, 5.74) is 2.82. The van der Waals surface area contributed by atoms with Gasteiger partial charge in [-0.15, -0.1) is 0 Å². The molecule has 15 heavy (non-hydrogen) atoms. The number of hydrogen-bond acceptors (Lipinski definition) is 2. The van der Waals surface area contributed by atoms with E-state index in [1.54, 1.807) is 12.4 Å². The lowest BCUT2D eigenvalue weighted by molar-refractivity contribution is 1.05. The topological polar surface area (TPSA) is 41.0 Å². The Labute approximate surface area is 92.8 Å². The zero-order chi connectivity index (χ0) is 10.7. The Bertz CT molecular complexity index is 471. The summed E-state index contributed by atoms with van der Waals surface area (Å²) in [6.45, 7) is 1.93. The molecule has 0 fully saturated rings. The van der Waals surface area contributed by atoms with Crippen LogP contribution in [-0.2, 0) is 0 Å². The molecule has 0 aliphatic heterocycles. The maximum atomic E-state index is 5.78. The van der Waals surface area contributed by atoms with Crippen LogP contribution < -0.4 is 0 Å². The van der Waals surface area contributed by atoms with Crippen molar-refractivity contribution in [1.29, 1.82) is 0 Å². The zero-order valence-electron chi connectivity index (χ0n) is 8.24. The van der Waals surface area contributed by atoms with E-state index >= 15 is 0 Å². The Morgan fingerprint density at radius 2 is 2.07 bits per heavy atom. The van der Waals surface area contributed by atoms with Gasteiger partial charge in [0, 0.05) is 11.2 Å². The molecule has 76 valence electrons. The lowest BCUT2D eigenvalue weighted by atomic mass is 10.2. The number of H-pyrrole nitrogens is 1. The Morgan fingerprint density at radius 3 is 2.67 bits per heavy atom. The highest BCUT2D eigenvalue weighted by Crippen LogP contribution is 2.14. The van der Waals surface area contributed by atoms with Crippen molar-refractivity contribution < 1.29 is 0 Å². The molecule has 1 aromatic carbocycles. The molecule has 0 atom stereocenters. The Morgan fingerprint density at radius 1 is 1.33 bits per heavy atom. The van der Waals surface area contributed by atoms with Gasteiger partial charge in [-0.25, -0.2) is 0 Å². The number of rotatable bonds is 2. The lowest BCUT2D eigenvalue weighted by Crippen LogP contribution is -1.79. The number of aryl methyl sites for hydroxylation is 1. The number of nitrogens with zero attached hydrogens (tertiary/aromatic N) is 2. The maximum absolute atomic E-state index is 5.78. The summed E-state index contributed by atoms with van der Waals surface area (Å²) in [5, 5.41) is 7.45. The third-order valence-corrected chi connectivity index (χ3v) is 2.28. The largest absolute Gasteiger partial charge is 0.281 e. The predicted octanol–water partition coefficient (Wildman–Crippen LogP) is 3.12. The normalized spacial score (nSPS) is 11.1. The standard InChI is InChI=1S/C11H10ClN3/c1-8-11(7-14-15-8)13-6-9-2-4-10(12)5-3-9/h2-7H,1H3,(H,14,15). The van der Waals surface area contributed by atoms with E-state index < -0.39 is 0 Å². The van der Waals surface area contributed by atoms with Crippen molar-refractivity contribution >= 4 is 23.5 Å². The minimum atomic E-state index is 0.728. The average molecular weight is 220 g/mol. The summed E-state index contributed by atoms with van der Waals surface area (Å²) in [4.78, 5) is 4.30. The van der Waals surface area contributed by atoms with E-state index in [9.17, 15) is 0 Å². The second-order valence-corrected chi connectivity index (χ2v) is 3.63. The molecule has 2 rings (SSSR count). The molecule has 0 bridgehead atoms. The molecule has 0 saturated carbocycles. The van der Waals surface area contributed by atoms with Crippen LogP contribution in [0.15, 0.2) is 35.5 Å². The first kappa shape index (κ1) is 9.93. The van der Waals surface area contributed by atoms with E-state index in [1.807, 2.05) is 31.2 Å². The van der Waals surface area contributed by atoms with Gasteiger partial charge in [-0.2, -0.15) is 5.10 Å². The first-order chi connectivity index (χ1) is 7.25. The minimum Gasteiger partial charge on any atom is -0.281 e. The summed E-state index contributed by atoms with van der Waals surface area (Å²) in [6.07, 6.45) is 3.48. The Balaban J connectivity index is 2.19. The average Bonchev–Trinajstić information content (AvgIpc) is 2.63. The second-order valence-electron chi connectivity index (χ2n) is 3.19. The van der Waals surface area contributed by atoms with Gasteiger partial charge in [-0.1, -0.05) is 23.7 Å². The summed E-state index contributed by atoms with van der Waals surface area (Å²) in [7, 11) is 0. The van der Waals surface area contributed by atoms with Crippen molar-refractivity contribution in [2.24, 2.45) is 4.99 Å². The van der Waals surface area contributed by atoms with Gasteiger partial charge in [0.05, 0.1) is 11.9 Å². The number of benzene rings is 1. The predicted molar refractivity (Wildman–Crippen MR) is 62.0 cm³/mol. The van der Waals surface area contributed by atoms with Gasteiger partial charge >= 0.3 is 0 Å². The molecule has 0 unspecified atom stereocenters. The SMILES string of the molecule is Cc1[nH]ncc1N=Cc1ccc(Cl)cc1. The van der Waals surface area contributed by atoms with Crippen LogP contribution in [0.25, 0.3) is 0 Å². The molecule has 3 nitrogen and oxygen atoms in total. The molecular formula is C11H10ClN3. The van der Waals surface area contributed by atoms with Crippen LogP contribution in [0.4, 0.5) is 5.69 Å². The fourth-order valence-corrected chi connectivity index (χ4v) is 1.29. The van der Waals surface area contributed by atoms with Crippen LogP contribution in [-0.4, -0.2) is 16.4 Å². The van der Waals surface area contributed by atoms with Gasteiger partial charge in [0.1, 0.15) is 5.69 Å². The molecule has 0 aliphatic rings. The number of halogens is 1.